The first-order valence-corrected chi connectivity index (χ1v) is 10.4. The standard InChI is InChI=1S/C16H32N2O3.CH4O4S/c1-6-7-8-9-11-15(19)21-14(2)16(20)17-12-10-13-18(3,4)5;1-5-6(2,3)4/h14H,6-13H2,1-5H3;1H3,(H,2,3,4). The molecular formula is C17H36N2O7S. The van der Waals surface area contributed by atoms with E-state index >= 15 is 0 Å². The minimum absolute atomic E-state index is 0.210. The Bertz CT molecular complexity index is 516. The quantitative estimate of drug-likeness (QED) is 0.168. The molecule has 1 amide bonds. The summed E-state index contributed by atoms with van der Waals surface area (Å²) in [5.41, 5.74) is 0. The van der Waals surface area contributed by atoms with Crippen molar-refractivity contribution in [3.8, 4) is 0 Å². The van der Waals surface area contributed by atoms with Crippen molar-refractivity contribution in [1.29, 1.82) is 0 Å². The Morgan fingerprint density at radius 1 is 1.11 bits per heavy atom. The molecule has 0 aliphatic carbocycles. The van der Waals surface area contributed by atoms with Gasteiger partial charge in [0.2, 0.25) is 10.4 Å². The van der Waals surface area contributed by atoms with Crippen molar-refractivity contribution in [2.24, 2.45) is 0 Å². The first-order valence-electron chi connectivity index (χ1n) is 9.11. The minimum atomic E-state index is -4.41. The van der Waals surface area contributed by atoms with Gasteiger partial charge < -0.3 is 19.1 Å². The number of nitrogens with one attached hydrogen (secondary N) is 1. The van der Waals surface area contributed by atoms with E-state index in [1.807, 2.05) is 0 Å². The summed E-state index contributed by atoms with van der Waals surface area (Å²) in [6.07, 6.45) is 4.76. The molecule has 0 aromatic heterocycles. The van der Waals surface area contributed by atoms with Gasteiger partial charge in [-0.25, -0.2) is 8.42 Å². The Hall–Kier alpha value is -1.23. The van der Waals surface area contributed by atoms with E-state index in [2.05, 4.69) is 37.6 Å². The topological polar surface area (TPSA) is 122 Å². The van der Waals surface area contributed by atoms with Crippen LogP contribution in [0.15, 0.2) is 0 Å². The molecule has 9 nitrogen and oxygen atoms in total. The molecule has 0 bridgehead atoms. The molecule has 0 aliphatic rings. The van der Waals surface area contributed by atoms with E-state index < -0.39 is 16.5 Å². The van der Waals surface area contributed by atoms with Crippen LogP contribution < -0.4 is 5.32 Å². The molecule has 0 aromatic carbocycles. The van der Waals surface area contributed by atoms with Crippen LogP contribution in [0, 0.1) is 0 Å². The third-order valence-electron chi connectivity index (χ3n) is 3.42. The number of rotatable bonds is 12. The Balaban J connectivity index is 0. The van der Waals surface area contributed by atoms with Crippen LogP contribution in [-0.4, -0.2) is 76.8 Å². The number of carbonyl (C=O) groups is 2. The number of amides is 1. The summed E-state index contributed by atoms with van der Waals surface area (Å²) in [5.74, 6) is -0.488. The zero-order valence-electron chi connectivity index (χ0n) is 17.4. The van der Waals surface area contributed by atoms with Gasteiger partial charge in [-0.1, -0.05) is 26.2 Å². The van der Waals surface area contributed by atoms with E-state index in [0.717, 1.165) is 50.2 Å². The van der Waals surface area contributed by atoms with E-state index in [1.165, 1.54) is 0 Å². The van der Waals surface area contributed by atoms with Crippen molar-refractivity contribution in [1.82, 2.24) is 5.32 Å². The number of unbranched alkanes of at least 4 members (excludes halogenated alkanes) is 3. The number of quaternary nitrogens is 1. The summed E-state index contributed by atoms with van der Waals surface area (Å²) in [6, 6.07) is 0. The van der Waals surface area contributed by atoms with Crippen LogP contribution >= 0.6 is 0 Å². The predicted octanol–water partition coefficient (Wildman–Crippen LogP) is 1.19. The van der Waals surface area contributed by atoms with E-state index in [9.17, 15) is 22.6 Å². The second-order valence-corrected chi connectivity index (χ2v) is 8.33. The first-order chi connectivity index (χ1) is 12.3. The molecule has 1 unspecified atom stereocenters. The molecule has 1 atom stereocenters. The first kappa shape index (κ1) is 28.0. The van der Waals surface area contributed by atoms with Gasteiger partial charge in [-0.2, -0.15) is 0 Å². The van der Waals surface area contributed by atoms with E-state index in [1.54, 1.807) is 6.92 Å². The van der Waals surface area contributed by atoms with Crippen LogP contribution in [-0.2, 0) is 28.9 Å². The van der Waals surface area contributed by atoms with Gasteiger partial charge in [0.1, 0.15) is 0 Å². The van der Waals surface area contributed by atoms with Crippen LogP contribution in [0.4, 0.5) is 0 Å². The maximum Gasteiger partial charge on any atom is 0.306 e. The Morgan fingerprint density at radius 3 is 2.11 bits per heavy atom. The molecule has 162 valence electrons. The third-order valence-corrected chi connectivity index (χ3v) is 3.83. The zero-order valence-corrected chi connectivity index (χ0v) is 18.3. The molecule has 27 heavy (non-hydrogen) atoms. The molecule has 0 saturated heterocycles. The fraction of sp³-hybridized carbons (Fsp3) is 0.882. The van der Waals surface area contributed by atoms with Crippen molar-refractivity contribution < 1.29 is 36.0 Å². The smallest absolute Gasteiger partial charge is 0.306 e. The summed E-state index contributed by atoms with van der Waals surface area (Å²) >= 11 is 0. The van der Waals surface area contributed by atoms with Crippen molar-refractivity contribution in [3.63, 3.8) is 0 Å². The maximum absolute atomic E-state index is 11.8. The normalized spacial score (nSPS) is 12.6. The Kier molecular flexibility index (Phi) is 15.3. The van der Waals surface area contributed by atoms with Crippen LogP contribution in [0.25, 0.3) is 0 Å². The highest BCUT2D eigenvalue weighted by molar-refractivity contribution is 7.80. The average molecular weight is 413 g/mol. The van der Waals surface area contributed by atoms with Gasteiger partial charge in [0, 0.05) is 19.4 Å². The number of nitrogens with zero attached hydrogens (tertiary/aromatic N) is 1. The minimum Gasteiger partial charge on any atom is -0.726 e. The molecule has 10 heteroatoms. The fourth-order valence-electron chi connectivity index (χ4n) is 1.91. The van der Waals surface area contributed by atoms with Crippen LogP contribution in [0.1, 0.15) is 52.4 Å². The fourth-order valence-corrected chi connectivity index (χ4v) is 1.91. The van der Waals surface area contributed by atoms with E-state index in [4.69, 9.17) is 4.74 Å². The van der Waals surface area contributed by atoms with Gasteiger partial charge in [-0.3, -0.25) is 13.8 Å². The van der Waals surface area contributed by atoms with Crippen LogP contribution in [0.5, 0.6) is 0 Å². The van der Waals surface area contributed by atoms with Gasteiger partial charge in [-0.05, 0) is 13.3 Å². The van der Waals surface area contributed by atoms with Crippen molar-refractivity contribution in [3.05, 3.63) is 0 Å². The molecule has 0 aliphatic heterocycles. The summed E-state index contributed by atoms with van der Waals surface area (Å²) in [5, 5.41) is 2.81. The average Bonchev–Trinajstić information content (AvgIpc) is 2.54. The van der Waals surface area contributed by atoms with Crippen LogP contribution in [0.3, 0.4) is 0 Å². The number of carbonyl (C=O) groups excluding carboxylic acids is 2. The summed E-state index contributed by atoms with van der Waals surface area (Å²) in [7, 11) is 2.74. The summed E-state index contributed by atoms with van der Waals surface area (Å²) < 4.78 is 37.0. The van der Waals surface area contributed by atoms with E-state index in [0.29, 0.717) is 13.0 Å². The van der Waals surface area contributed by atoms with Crippen LogP contribution in [0.2, 0.25) is 0 Å². The Labute approximate surface area is 163 Å². The van der Waals surface area contributed by atoms with Crippen molar-refractivity contribution >= 4 is 22.3 Å². The van der Waals surface area contributed by atoms with Gasteiger partial charge >= 0.3 is 5.97 Å². The lowest BCUT2D eigenvalue weighted by molar-refractivity contribution is -0.870. The summed E-state index contributed by atoms with van der Waals surface area (Å²) in [4.78, 5) is 23.4. The highest BCUT2D eigenvalue weighted by atomic mass is 32.3. The second-order valence-electron chi connectivity index (χ2n) is 7.18. The van der Waals surface area contributed by atoms with Crippen molar-refractivity contribution in [2.75, 3.05) is 41.3 Å². The third kappa shape index (κ3) is 22.7. The molecule has 0 spiro atoms. The number of esters is 1. The van der Waals surface area contributed by atoms with Gasteiger partial charge in [0.05, 0.1) is 34.8 Å². The Morgan fingerprint density at radius 2 is 1.67 bits per heavy atom. The highest BCUT2D eigenvalue weighted by Crippen LogP contribution is 2.05. The van der Waals surface area contributed by atoms with Gasteiger partial charge in [0.25, 0.3) is 5.91 Å². The number of ether oxygens (including phenoxy) is 1. The molecule has 0 heterocycles. The monoisotopic (exact) mass is 412 g/mol. The van der Waals surface area contributed by atoms with Crippen molar-refractivity contribution in [2.45, 2.75) is 58.5 Å². The lowest BCUT2D eigenvalue weighted by Crippen LogP contribution is -2.40. The lowest BCUT2D eigenvalue weighted by Gasteiger charge is -2.23. The highest BCUT2D eigenvalue weighted by Gasteiger charge is 2.17. The summed E-state index contributed by atoms with van der Waals surface area (Å²) in [6.45, 7) is 5.36. The van der Waals surface area contributed by atoms with Gasteiger partial charge in [0.15, 0.2) is 6.10 Å². The zero-order chi connectivity index (χ0) is 21.5. The second kappa shape index (κ2) is 14.8. The largest absolute Gasteiger partial charge is 0.726 e. The number of hydrogen-bond acceptors (Lipinski definition) is 7. The SMILES string of the molecule is CCCCCCC(=O)OC(C)C(=O)NCCC[N+](C)(C)C.COS(=O)(=O)[O-]. The molecule has 0 saturated carbocycles. The molecule has 1 N–H and O–H groups in total. The van der Waals surface area contributed by atoms with Gasteiger partial charge in [-0.15, -0.1) is 0 Å². The number of hydrogen-bond donors (Lipinski definition) is 1. The molecule has 0 rings (SSSR count). The van der Waals surface area contributed by atoms with E-state index in [-0.39, 0.29) is 11.9 Å². The predicted molar refractivity (Wildman–Crippen MR) is 102 cm³/mol. The molecule has 0 aromatic rings. The molecule has 0 fully saturated rings. The molecular weight excluding hydrogens is 376 g/mol. The lowest BCUT2D eigenvalue weighted by atomic mass is 10.1. The maximum atomic E-state index is 11.8. The molecule has 0 radical (unpaired) electrons.